The number of aliphatic carboxylic acids is 1. The van der Waals surface area contributed by atoms with Crippen molar-refractivity contribution in [3.8, 4) is 0 Å². The second kappa shape index (κ2) is 7.67. The minimum atomic E-state index is -0.936. The molecule has 0 aliphatic carbocycles. The molecule has 2 N–H and O–H groups in total. The molecule has 0 aliphatic rings. The van der Waals surface area contributed by atoms with Crippen molar-refractivity contribution in [2.45, 2.75) is 45.8 Å². The maximum absolute atomic E-state index is 12.0. The van der Waals surface area contributed by atoms with Gasteiger partial charge < -0.3 is 15.2 Å². The van der Waals surface area contributed by atoms with Crippen LogP contribution < -0.4 is 5.32 Å². The number of ether oxygens (including phenoxy) is 1. The van der Waals surface area contributed by atoms with Gasteiger partial charge in [-0.1, -0.05) is 51.1 Å². The van der Waals surface area contributed by atoms with Crippen molar-refractivity contribution < 1.29 is 19.4 Å². The summed E-state index contributed by atoms with van der Waals surface area (Å²) in [6.45, 7) is 5.81. The van der Waals surface area contributed by atoms with Crippen LogP contribution in [0.15, 0.2) is 30.3 Å². The summed E-state index contributed by atoms with van der Waals surface area (Å²) in [5, 5.41) is 11.8. The molecule has 0 saturated carbocycles. The van der Waals surface area contributed by atoms with Crippen LogP contribution in [0.4, 0.5) is 4.79 Å². The van der Waals surface area contributed by atoms with E-state index < -0.39 is 17.6 Å². The number of carbonyl (C=O) groups excluding carboxylic acids is 1. The quantitative estimate of drug-likeness (QED) is 0.809. The average molecular weight is 293 g/mol. The van der Waals surface area contributed by atoms with Crippen molar-refractivity contribution in [1.29, 1.82) is 0 Å². The summed E-state index contributed by atoms with van der Waals surface area (Å²) in [5.41, 5.74) is 0.0945. The molecule has 116 valence electrons. The lowest BCUT2D eigenvalue weighted by Gasteiger charge is -2.36. The zero-order valence-electron chi connectivity index (χ0n) is 12.8. The second-order valence-corrected chi connectivity index (χ2v) is 5.42. The third-order valence-electron chi connectivity index (χ3n) is 3.77. The summed E-state index contributed by atoms with van der Waals surface area (Å²) in [5.74, 6) is -0.947. The van der Waals surface area contributed by atoms with Gasteiger partial charge in [0, 0.05) is 0 Å². The van der Waals surface area contributed by atoms with E-state index in [1.54, 1.807) is 0 Å². The summed E-state index contributed by atoms with van der Waals surface area (Å²) in [4.78, 5) is 23.0. The molecule has 5 heteroatoms. The Balaban J connectivity index is 2.65. The molecule has 0 heterocycles. The van der Waals surface area contributed by atoms with Crippen LogP contribution in [0, 0.1) is 5.92 Å². The number of carboxylic acid groups (broad SMARTS) is 1. The summed E-state index contributed by atoms with van der Waals surface area (Å²) in [6.07, 6.45) is -0.186. The van der Waals surface area contributed by atoms with Gasteiger partial charge in [0.15, 0.2) is 0 Å². The lowest BCUT2D eigenvalue weighted by molar-refractivity contribution is -0.139. The largest absolute Gasteiger partial charge is 0.481 e. The molecule has 0 spiro atoms. The summed E-state index contributed by atoms with van der Waals surface area (Å²) in [7, 11) is 0. The van der Waals surface area contributed by atoms with Gasteiger partial charge >= 0.3 is 12.1 Å². The molecule has 21 heavy (non-hydrogen) atoms. The van der Waals surface area contributed by atoms with E-state index in [9.17, 15) is 9.59 Å². The third kappa shape index (κ3) is 5.10. The Bertz CT molecular complexity index is 472. The topological polar surface area (TPSA) is 75.6 Å². The molecule has 0 radical (unpaired) electrons. The zero-order chi connectivity index (χ0) is 15.9. The summed E-state index contributed by atoms with van der Waals surface area (Å²) < 4.78 is 5.17. The highest BCUT2D eigenvalue weighted by Gasteiger charge is 2.36. The van der Waals surface area contributed by atoms with Crippen LogP contribution in [0.25, 0.3) is 0 Å². The van der Waals surface area contributed by atoms with Crippen LogP contribution in [0.2, 0.25) is 0 Å². The number of carbonyl (C=O) groups is 2. The predicted molar refractivity (Wildman–Crippen MR) is 79.9 cm³/mol. The van der Waals surface area contributed by atoms with Gasteiger partial charge in [0.25, 0.3) is 0 Å². The molecular weight excluding hydrogens is 270 g/mol. The maximum atomic E-state index is 12.0. The highest BCUT2D eigenvalue weighted by atomic mass is 16.5. The van der Waals surface area contributed by atoms with Crippen molar-refractivity contribution in [3.05, 3.63) is 35.9 Å². The Kier molecular flexibility index (Phi) is 6.21. The molecule has 0 aromatic heterocycles. The van der Waals surface area contributed by atoms with Gasteiger partial charge in [-0.05, 0) is 17.9 Å². The Labute approximate surface area is 125 Å². The Morgan fingerprint density at radius 2 is 1.90 bits per heavy atom. The van der Waals surface area contributed by atoms with E-state index >= 15 is 0 Å². The minimum absolute atomic E-state index is 0.0112. The number of carboxylic acids is 1. The van der Waals surface area contributed by atoms with Gasteiger partial charge in [0.1, 0.15) is 6.61 Å². The second-order valence-electron chi connectivity index (χ2n) is 5.42. The van der Waals surface area contributed by atoms with Crippen LogP contribution >= 0.6 is 0 Å². The van der Waals surface area contributed by atoms with E-state index in [1.165, 1.54) is 0 Å². The Morgan fingerprint density at radius 3 is 2.38 bits per heavy atom. The lowest BCUT2D eigenvalue weighted by atomic mass is 9.81. The van der Waals surface area contributed by atoms with E-state index in [4.69, 9.17) is 9.84 Å². The van der Waals surface area contributed by atoms with E-state index in [1.807, 2.05) is 51.1 Å². The molecule has 0 saturated heterocycles. The molecule has 1 unspecified atom stereocenters. The molecule has 5 nitrogen and oxygen atoms in total. The molecule has 1 aromatic carbocycles. The first-order chi connectivity index (χ1) is 9.89. The molecule has 0 aliphatic heterocycles. The number of hydrogen-bond acceptors (Lipinski definition) is 3. The van der Waals surface area contributed by atoms with Crippen LogP contribution in [0.1, 0.15) is 39.2 Å². The molecule has 0 bridgehead atoms. The normalized spacial score (nSPS) is 13.5. The molecule has 0 fully saturated rings. The van der Waals surface area contributed by atoms with Crippen LogP contribution in [0.5, 0.6) is 0 Å². The number of benzene rings is 1. The van der Waals surface area contributed by atoms with Crippen LogP contribution in [-0.4, -0.2) is 22.7 Å². The van der Waals surface area contributed by atoms with Crippen molar-refractivity contribution in [1.82, 2.24) is 5.32 Å². The van der Waals surface area contributed by atoms with Gasteiger partial charge in [-0.25, -0.2) is 4.79 Å². The van der Waals surface area contributed by atoms with Crippen molar-refractivity contribution in [3.63, 3.8) is 0 Å². The first kappa shape index (κ1) is 17.0. The smallest absolute Gasteiger partial charge is 0.407 e. The van der Waals surface area contributed by atoms with Crippen LogP contribution in [0.3, 0.4) is 0 Å². The number of rotatable bonds is 7. The van der Waals surface area contributed by atoms with E-state index in [2.05, 4.69) is 5.32 Å². The lowest BCUT2D eigenvalue weighted by Crippen LogP contribution is -2.53. The van der Waals surface area contributed by atoms with Gasteiger partial charge in [-0.15, -0.1) is 0 Å². The summed E-state index contributed by atoms with van der Waals surface area (Å²) in [6, 6.07) is 9.34. The van der Waals surface area contributed by atoms with Gasteiger partial charge in [-0.2, -0.15) is 0 Å². The first-order valence-electron chi connectivity index (χ1n) is 7.10. The monoisotopic (exact) mass is 293 g/mol. The number of amides is 1. The van der Waals surface area contributed by atoms with E-state index in [0.29, 0.717) is 6.42 Å². The molecule has 1 aromatic rings. The maximum Gasteiger partial charge on any atom is 0.407 e. The van der Waals surface area contributed by atoms with E-state index in [0.717, 1.165) is 5.56 Å². The van der Waals surface area contributed by atoms with Gasteiger partial charge in [0.2, 0.25) is 0 Å². The SMILES string of the molecule is CCC(CC(=O)O)(NC(=O)OCc1ccccc1)C(C)C. The zero-order valence-corrected chi connectivity index (χ0v) is 12.8. The fourth-order valence-corrected chi connectivity index (χ4v) is 2.25. The van der Waals surface area contributed by atoms with Gasteiger partial charge in [0.05, 0.1) is 12.0 Å². The highest BCUT2D eigenvalue weighted by Crippen LogP contribution is 2.25. The van der Waals surface area contributed by atoms with E-state index in [-0.39, 0.29) is 18.9 Å². The Hall–Kier alpha value is -2.04. The molecular formula is C16H23NO4. The molecule has 1 amide bonds. The van der Waals surface area contributed by atoms with Crippen molar-refractivity contribution in [2.24, 2.45) is 5.92 Å². The standard InChI is InChI=1S/C16H23NO4/c1-4-16(12(2)3,10-14(18)19)17-15(20)21-11-13-8-6-5-7-9-13/h5-9,12H,4,10-11H2,1-3H3,(H,17,20)(H,18,19). The van der Waals surface area contributed by atoms with Gasteiger partial charge in [-0.3, -0.25) is 4.79 Å². The minimum Gasteiger partial charge on any atom is -0.481 e. The fraction of sp³-hybridized carbons (Fsp3) is 0.500. The highest BCUT2D eigenvalue weighted by molar-refractivity contribution is 5.72. The average Bonchev–Trinajstić information content (AvgIpc) is 2.44. The Morgan fingerprint density at radius 1 is 1.29 bits per heavy atom. The first-order valence-corrected chi connectivity index (χ1v) is 7.10. The number of hydrogen-bond donors (Lipinski definition) is 2. The van der Waals surface area contributed by atoms with Crippen molar-refractivity contribution >= 4 is 12.1 Å². The summed E-state index contributed by atoms with van der Waals surface area (Å²) >= 11 is 0. The predicted octanol–water partition coefficient (Wildman–Crippen LogP) is 3.19. The van der Waals surface area contributed by atoms with Crippen LogP contribution in [-0.2, 0) is 16.1 Å². The van der Waals surface area contributed by atoms with Crippen molar-refractivity contribution in [2.75, 3.05) is 0 Å². The third-order valence-corrected chi connectivity index (χ3v) is 3.77. The molecule has 1 rings (SSSR count). The number of nitrogens with one attached hydrogen (secondary N) is 1. The number of alkyl carbamates (subject to hydrolysis) is 1. The fourth-order valence-electron chi connectivity index (χ4n) is 2.25. The molecule has 1 atom stereocenters.